The molecule has 4 nitrogen and oxygen atoms in total. The third kappa shape index (κ3) is 2.31. The van der Waals surface area contributed by atoms with Crippen LogP contribution < -0.4 is 10.6 Å². The zero-order valence-corrected chi connectivity index (χ0v) is 9.22. The van der Waals surface area contributed by atoms with Gasteiger partial charge in [0.25, 0.3) is 0 Å². The Hall–Kier alpha value is -2.02. The second-order valence-corrected chi connectivity index (χ2v) is 3.94. The molecule has 1 saturated carbocycles. The van der Waals surface area contributed by atoms with Crippen molar-refractivity contribution in [3.05, 3.63) is 29.8 Å². The number of hydrogen-bond donors (Lipinski definition) is 1. The van der Waals surface area contributed by atoms with Crippen molar-refractivity contribution in [3.8, 4) is 6.07 Å². The molecule has 1 aromatic carbocycles. The van der Waals surface area contributed by atoms with Crippen LogP contribution in [-0.4, -0.2) is 19.0 Å². The number of nitrogens with zero attached hydrogens (tertiary/aromatic N) is 3. The molecule has 1 aliphatic rings. The Kier molecular flexibility index (Phi) is 2.78. The largest absolute Gasteiger partial charge is 0.370 e. The van der Waals surface area contributed by atoms with Gasteiger partial charge >= 0.3 is 0 Å². The fourth-order valence-corrected chi connectivity index (χ4v) is 1.37. The van der Waals surface area contributed by atoms with Gasteiger partial charge in [0, 0.05) is 12.7 Å². The zero-order chi connectivity index (χ0) is 11.5. The highest BCUT2D eigenvalue weighted by Crippen LogP contribution is 2.24. The summed E-state index contributed by atoms with van der Waals surface area (Å²) in [6.07, 6.45) is 2.28. The molecule has 1 aromatic rings. The summed E-state index contributed by atoms with van der Waals surface area (Å²) in [5, 5.41) is 8.69. The monoisotopic (exact) mass is 214 g/mol. The predicted molar refractivity (Wildman–Crippen MR) is 64.2 cm³/mol. The van der Waals surface area contributed by atoms with Gasteiger partial charge in [-0.25, -0.2) is 4.99 Å². The van der Waals surface area contributed by atoms with Gasteiger partial charge in [0.05, 0.1) is 17.7 Å². The van der Waals surface area contributed by atoms with E-state index in [9.17, 15) is 0 Å². The van der Waals surface area contributed by atoms with Crippen LogP contribution in [0.5, 0.6) is 0 Å². The van der Waals surface area contributed by atoms with Crippen LogP contribution in [0.1, 0.15) is 18.4 Å². The van der Waals surface area contributed by atoms with E-state index in [0.29, 0.717) is 17.6 Å². The van der Waals surface area contributed by atoms with Gasteiger partial charge in [-0.1, -0.05) is 0 Å². The molecule has 0 unspecified atom stereocenters. The van der Waals surface area contributed by atoms with E-state index in [1.165, 1.54) is 0 Å². The molecular weight excluding hydrogens is 200 g/mol. The van der Waals surface area contributed by atoms with E-state index >= 15 is 0 Å². The Morgan fingerprint density at radius 1 is 1.44 bits per heavy atom. The molecule has 0 atom stereocenters. The maximum absolute atomic E-state index is 8.69. The lowest BCUT2D eigenvalue weighted by molar-refractivity contribution is 1.03. The first-order valence-corrected chi connectivity index (χ1v) is 5.28. The quantitative estimate of drug-likeness (QED) is 0.599. The smallest absolute Gasteiger partial charge is 0.195 e. The first-order valence-electron chi connectivity index (χ1n) is 5.28. The highest BCUT2D eigenvalue weighted by molar-refractivity contribution is 5.94. The molecule has 0 heterocycles. The van der Waals surface area contributed by atoms with Gasteiger partial charge < -0.3 is 10.6 Å². The number of hydrogen-bond acceptors (Lipinski definition) is 2. The molecular formula is C12H14N4. The fourth-order valence-electron chi connectivity index (χ4n) is 1.37. The summed E-state index contributed by atoms with van der Waals surface area (Å²) in [5.74, 6) is 0.534. The van der Waals surface area contributed by atoms with E-state index in [2.05, 4.69) is 11.1 Å². The van der Waals surface area contributed by atoms with Gasteiger partial charge in [-0.15, -0.1) is 0 Å². The summed E-state index contributed by atoms with van der Waals surface area (Å²) < 4.78 is 0. The highest BCUT2D eigenvalue weighted by atomic mass is 15.2. The van der Waals surface area contributed by atoms with Crippen molar-refractivity contribution in [1.82, 2.24) is 0 Å². The minimum absolute atomic E-state index is 0.417. The maximum atomic E-state index is 8.69. The molecule has 0 amide bonds. The van der Waals surface area contributed by atoms with Crippen LogP contribution >= 0.6 is 0 Å². The van der Waals surface area contributed by atoms with Crippen LogP contribution in [0.2, 0.25) is 0 Å². The number of nitriles is 1. The molecule has 0 spiro atoms. The van der Waals surface area contributed by atoms with Crippen molar-refractivity contribution in [2.24, 2.45) is 10.7 Å². The number of nitrogens with two attached hydrogens (primary N) is 1. The number of rotatable bonds is 2. The molecule has 0 aliphatic heterocycles. The average Bonchev–Trinajstić information content (AvgIpc) is 3.12. The zero-order valence-electron chi connectivity index (χ0n) is 9.22. The minimum Gasteiger partial charge on any atom is -0.370 e. The van der Waals surface area contributed by atoms with Crippen molar-refractivity contribution >= 4 is 11.6 Å². The molecule has 2 rings (SSSR count). The molecule has 0 bridgehead atoms. The fraction of sp³-hybridized carbons (Fsp3) is 0.333. The van der Waals surface area contributed by atoms with Gasteiger partial charge in [-0.2, -0.15) is 5.26 Å². The van der Waals surface area contributed by atoms with Crippen LogP contribution in [0.4, 0.5) is 5.69 Å². The Bertz CT molecular complexity index is 437. The van der Waals surface area contributed by atoms with E-state index < -0.39 is 0 Å². The number of guanidine groups is 1. The first-order chi connectivity index (χ1) is 7.70. The van der Waals surface area contributed by atoms with Crippen LogP contribution in [0.25, 0.3) is 0 Å². The van der Waals surface area contributed by atoms with Gasteiger partial charge in [0.1, 0.15) is 0 Å². The average molecular weight is 214 g/mol. The molecule has 4 heteroatoms. The Morgan fingerprint density at radius 2 is 2.06 bits per heavy atom. The topological polar surface area (TPSA) is 65.4 Å². The summed E-state index contributed by atoms with van der Waals surface area (Å²) in [6, 6.07) is 9.79. The van der Waals surface area contributed by atoms with Gasteiger partial charge in [0.2, 0.25) is 0 Å². The van der Waals surface area contributed by atoms with Gasteiger partial charge in [-0.05, 0) is 37.1 Å². The van der Waals surface area contributed by atoms with Crippen LogP contribution in [0.15, 0.2) is 29.3 Å². The Balaban J connectivity index is 2.13. The summed E-state index contributed by atoms with van der Waals surface area (Å²) in [5.41, 5.74) is 7.46. The van der Waals surface area contributed by atoms with Crippen LogP contribution in [0.3, 0.4) is 0 Å². The molecule has 0 aromatic heterocycles. The molecule has 16 heavy (non-hydrogen) atoms. The van der Waals surface area contributed by atoms with Gasteiger partial charge in [-0.3, -0.25) is 0 Å². The summed E-state index contributed by atoms with van der Waals surface area (Å²) in [4.78, 5) is 6.20. The third-order valence-corrected chi connectivity index (χ3v) is 2.59. The van der Waals surface area contributed by atoms with Crippen LogP contribution in [0, 0.1) is 11.3 Å². The van der Waals surface area contributed by atoms with Crippen molar-refractivity contribution in [1.29, 1.82) is 5.26 Å². The lowest BCUT2D eigenvalue weighted by Crippen LogP contribution is -2.34. The van der Waals surface area contributed by atoms with E-state index in [1.807, 2.05) is 24.1 Å². The standard InChI is InChI=1S/C12H14N4/c1-16(12(14)15-10-4-5-10)11-6-2-9(8-13)3-7-11/h2-3,6-7,10H,4-5H2,1H3,(H2,14,15). The summed E-state index contributed by atoms with van der Waals surface area (Å²) in [6.45, 7) is 0. The number of benzene rings is 1. The molecule has 2 N–H and O–H groups in total. The van der Waals surface area contributed by atoms with Crippen LogP contribution in [-0.2, 0) is 0 Å². The van der Waals surface area contributed by atoms with Crippen molar-refractivity contribution in [2.75, 3.05) is 11.9 Å². The maximum Gasteiger partial charge on any atom is 0.195 e. The molecule has 1 aliphatic carbocycles. The highest BCUT2D eigenvalue weighted by Gasteiger charge is 2.21. The number of aliphatic imine (C=N–C) groups is 1. The van der Waals surface area contributed by atoms with Crippen molar-refractivity contribution in [2.45, 2.75) is 18.9 Å². The lowest BCUT2D eigenvalue weighted by Gasteiger charge is -2.18. The minimum atomic E-state index is 0.417. The number of anilines is 1. The van der Waals surface area contributed by atoms with E-state index in [0.717, 1.165) is 18.5 Å². The van der Waals surface area contributed by atoms with E-state index in [-0.39, 0.29) is 0 Å². The molecule has 82 valence electrons. The Morgan fingerprint density at radius 3 is 2.56 bits per heavy atom. The van der Waals surface area contributed by atoms with E-state index in [1.54, 1.807) is 12.1 Å². The van der Waals surface area contributed by atoms with E-state index in [4.69, 9.17) is 11.0 Å². The molecule has 0 saturated heterocycles. The second kappa shape index (κ2) is 4.23. The lowest BCUT2D eigenvalue weighted by atomic mass is 10.2. The van der Waals surface area contributed by atoms with Crippen molar-refractivity contribution in [3.63, 3.8) is 0 Å². The second-order valence-electron chi connectivity index (χ2n) is 3.94. The van der Waals surface area contributed by atoms with Gasteiger partial charge in [0.15, 0.2) is 5.96 Å². The SMILES string of the molecule is CN(C(N)=NC1CC1)c1ccc(C#N)cc1. The Labute approximate surface area is 95.0 Å². The predicted octanol–water partition coefficient (Wildman–Crippen LogP) is 1.47. The first kappa shape index (κ1) is 10.5. The molecule has 1 fully saturated rings. The summed E-state index contributed by atoms with van der Waals surface area (Å²) >= 11 is 0. The molecule has 0 radical (unpaired) electrons. The normalized spacial score (nSPS) is 15.6. The third-order valence-electron chi connectivity index (χ3n) is 2.59. The summed E-state index contributed by atoms with van der Waals surface area (Å²) in [7, 11) is 1.88. The van der Waals surface area contributed by atoms with Crippen molar-refractivity contribution < 1.29 is 0 Å².